The van der Waals surface area contributed by atoms with Crippen molar-refractivity contribution in [2.45, 2.75) is 70.7 Å². The van der Waals surface area contributed by atoms with E-state index in [1.54, 1.807) is 0 Å². The highest BCUT2D eigenvalue weighted by Crippen LogP contribution is 2.67. The average Bonchev–Trinajstić information content (AvgIpc) is 3.41. The fourth-order valence-corrected chi connectivity index (χ4v) is 8.37. The summed E-state index contributed by atoms with van der Waals surface area (Å²) < 4.78 is 23.4. The van der Waals surface area contributed by atoms with Crippen molar-refractivity contribution >= 4 is 11.6 Å². The van der Waals surface area contributed by atoms with Crippen molar-refractivity contribution in [2.75, 3.05) is 20.2 Å². The van der Waals surface area contributed by atoms with E-state index in [-0.39, 0.29) is 48.1 Å². The Bertz CT molecular complexity index is 807. The maximum atomic E-state index is 13.8. The number of hydrogen-bond donors (Lipinski definition) is 0. The molecule has 8 atom stereocenters. The average molecular weight is 417 g/mol. The summed E-state index contributed by atoms with van der Waals surface area (Å²) in [7, 11) is 0. The summed E-state index contributed by atoms with van der Waals surface area (Å²) in [5.41, 5.74) is 0.996. The van der Waals surface area contributed by atoms with Crippen LogP contribution < -0.4 is 0 Å². The molecule has 4 aliphatic carbocycles. The minimum absolute atomic E-state index is 0.0585. The summed E-state index contributed by atoms with van der Waals surface area (Å²) in [5, 5.41) is 0. The molecule has 1 spiro atoms. The summed E-state index contributed by atoms with van der Waals surface area (Å²) in [6, 6.07) is 0. The number of allylic oxidation sites excluding steroid dienone is 1. The van der Waals surface area contributed by atoms with Crippen LogP contribution in [-0.4, -0.2) is 43.7 Å². The maximum Gasteiger partial charge on any atom is 0.223 e. The van der Waals surface area contributed by atoms with Gasteiger partial charge in [-0.2, -0.15) is 0 Å². The Labute approximate surface area is 177 Å². The third-order valence-electron chi connectivity index (χ3n) is 9.76. The van der Waals surface area contributed by atoms with Crippen LogP contribution in [0.1, 0.15) is 58.8 Å². The van der Waals surface area contributed by atoms with Crippen molar-refractivity contribution in [3.05, 3.63) is 11.6 Å². The summed E-state index contributed by atoms with van der Waals surface area (Å²) >= 11 is 0. The zero-order valence-electron chi connectivity index (χ0n) is 18.0. The zero-order chi connectivity index (χ0) is 20.7. The lowest BCUT2D eigenvalue weighted by Gasteiger charge is -2.57. The van der Waals surface area contributed by atoms with Gasteiger partial charge in [0.15, 0.2) is 19.4 Å². The van der Waals surface area contributed by atoms with E-state index in [1.165, 1.54) is 5.57 Å². The van der Waals surface area contributed by atoms with Gasteiger partial charge in [-0.15, -0.1) is 0 Å². The largest absolute Gasteiger partial charge is 0.350 e. The van der Waals surface area contributed by atoms with Crippen LogP contribution in [0.4, 0.5) is 0 Å². The molecule has 6 nitrogen and oxygen atoms in total. The first kappa shape index (κ1) is 19.6. The third kappa shape index (κ3) is 2.45. The molecule has 6 heteroatoms. The number of carbonyl (C=O) groups excluding carboxylic acids is 2. The number of fused-ring (bicyclic) bond motifs is 5. The molecule has 0 N–H and O–H groups in total. The first-order chi connectivity index (χ1) is 14.4. The first-order valence-corrected chi connectivity index (χ1v) is 11.6. The van der Waals surface area contributed by atoms with Gasteiger partial charge in [-0.3, -0.25) is 9.59 Å². The lowest BCUT2D eigenvalue weighted by molar-refractivity contribution is -0.196. The van der Waals surface area contributed by atoms with E-state index in [0.717, 1.165) is 32.1 Å². The van der Waals surface area contributed by atoms with Crippen LogP contribution in [0.5, 0.6) is 0 Å². The van der Waals surface area contributed by atoms with Gasteiger partial charge in [0.05, 0.1) is 0 Å². The van der Waals surface area contributed by atoms with Crippen LogP contribution in [0, 0.1) is 34.5 Å². The van der Waals surface area contributed by atoms with Crippen LogP contribution in [0.3, 0.4) is 0 Å². The molecular formula is C24H32O6. The Morgan fingerprint density at radius 3 is 2.60 bits per heavy atom. The van der Waals surface area contributed by atoms with Crippen LogP contribution in [0.2, 0.25) is 0 Å². The molecule has 2 aliphatic heterocycles. The van der Waals surface area contributed by atoms with Gasteiger partial charge in [0.25, 0.3) is 0 Å². The van der Waals surface area contributed by atoms with Gasteiger partial charge in [-0.05, 0) is 66.8 Å². The third-order valence-corrected chi connectivity index (χ3v) is 9.76. The molecule has 2 heterocycles. The molecule has 6 rings (SSSR count). The second-order valence-corrected chi connectivity index (χ2v) is 10.9. The van der Waals surface area contributed by atoms with Gasteiger partial charge >= 0.3 is 0 Å². The van der Waals surface area contributed by atoms with E-state index < -0.39 is 5.79 Å². The highest BCUT2D eigenvalue weighted by atomic mass is 16.9. The summed E-state index contributed by atoms with van der Waals surface area (Å²) in [5.74, 6) is 1.01. The number of Topliss-reactive ketones (excluding diaryl/α,β-unsaturated/α-hetero) is 1. The number of carbonyl (C=O) groups is 2. The minimum atomic E-state index is -0.805. The lowest BCUT2D eigenvalue weighted by atomic mass is 9.46. The smallest absolute Gasteiger partial charge is 0.223 e. The fraction of sp³-hybridized carbons (Fsp3) is 0.833. The molecule has 0 aromatic rings. The monoisotopic (exact) mass is 416 g/mol. The van der Waals surface area contributed by atoms with Gasteiger partial charge in [-0.1, -0.05) is 19.4 Å². The Morgan fingerprint density at radius 1 is 1.00 bits per heavy atom. The zero-order valence-corrected chi connectivity index (χ0v) is 18.0. The second kappa shape index (κ2) is 6.47. The Morgan fingerprint density at radius 2 is 1.80 bits per heavy atom. The molecule has 30 heavy (non-hydrogen) atoms. The quantitative estimate of drug-likeness (QED) is 0.653. The van der Waals surface area contributed by atoms with Crippen LogP contribution in [0.15, 0.2) is 11.6 Å². The molecule has 6 aliphatic rings. The van der Waals surface area contributed by atoms with Crippen molar-refractivity contribution < 1.29 is 28.5 Å². The van der Waals surface area contributed by atoms with E-state index >= 15 is 0 Å². The van der Waals surface area contributed by atoms with Gasteiger partial charge in [0, 0.05) is 18.8 Å². The summed E-state index contributed by atoms with van der Waals surface area (Å²) in [4.78, 5) is 25.8. The number of hydrogen-bond acceptors (Lipinski definition) is 6. The van der Waals surface area contributed by atoms with Gasteiger partial charge in [0.1, 0.15) is 18.5 Å². The molecule has 0 aromatic carbocycles. The topological polar surface area (TPSA) is 71.1 Å². The van der Waals surface area contributed by atoms with E-state index in [4.69, 9.17) is 18.9 Å². The van der Waals surface area contributed by atoms with Crippen molar-refractivity contribution in [1.82, 2.24) is 0 Å². The molecule has 5 fully saturated rings. The Balaban J connectivity index is 1.33. The van der Waals surface area contributed by atoms with Crippen LogP contribution >= 0.6 is 0 Å². The molecule has 0 bridgehead atoms. The van der Waals surface area contributed by atoms with Crippen LogP contribution in [-0.2, 0) is 28.5 Å². The van der Waals surface area contributed by atoms with Gasteiger partial charge < -0.3 is 18.9 Å². The minimum Gasteiger partial charge on any atom is -0.350 e. The van der Waals surface area contributed by atoms with Crippen molar-refractivity contribution in [3.8, 4) is 0 Å². The standard InChI is InChI=1S/C24H32O6/c1-22-8-7-15(25)9-14(22)3-4-16-17-5-6-18(23(17,2)10-19(26)20(16)22)21-24(30-13-28-21)11-27-12-29-24/h9,16-18,20-21H,3-8,10-13H2,1-2H3/t16-,17-,18+,20+,21?,22-,23-,24?/m0/s1. The number of ether oxygens (including phenoxy) is 4. The molecule has 2 unspecified atom stereocenters. The highest BCUT2D eigenvalue weighted by Gasteiger charge is 2.66. The molecule has 2 saturated heterocycles. The van der Waals surface area contributed by atoms with Gasteiger partial charge in [0.2, 0.25) is 5.79 Å². The normalized spacial score (nSPS) is 52.9. The number of ketones is 2. The van der Waals surface area contributed by atoms with E-state index in [9.17, 15) is 9.59 Å². The lowest BCUT2D eigenvalue weighted by Crippen LogP contribution is -2.57. The molecule has 0 radical (unpaired) electrons. The number of rotatable bonds is 1. The van der Waals surface area contributed by atoms with Crippen molar-refractivity contribution in [1.29, 1.82) is 0 Å². The van der Waals surface area contributed by atoms with E-state index in [1.807, 2.05) is 6.08 Å². The van der Waals surface area contributed by atoms with Crippen LogP contribution in [0.25, 0.3) is 0 Å². The Hall–Kier alpha value is -1.08. The highest BCUT2D eigenvalue weighted by molar-refractivity contribution is 5.93. The molecular weight excluding hydrogens is 384 g/mol. The second-order valence-electron chi connectivity index (χ2n) is 10.9. The molecule has 3 saturated carbocycles. The van der Waals surface area contributed by atoms with Crippen molar-refractivity contribution in [3.63, 3.8) is 0 Å². The summed E-state index contributed by atoms with van der Waals surface area (Å²) in [6.07, 6.45) is 7.82. The van der Waals surface area contributed by atoms with E-state index in [2.05, 4.69) is 13.8 Å². The molecule has 164 valence electrons. The van der Waals surface area contributed by atoms with Crippen molar-refractivity contribution in [2.24, 2.45) is 34.5 Å². The fourth-order valence-electron chi connectivity index (χ4n) is 8.37. The molecule has 0 amide bonds. The van der Waals surface area contributed by atoms with Gasteiger partial charge in [-0.25, -0.2) is 0 Å². The van der Waals surface area contributed by atoms with E-state index in [0.29, 0.717) is 37.1 Å². The predicted octanol–water partition coefficient (Wildman–Crippen LogP) is 3.39. The SMILES string of the molecule is C[C@]12CC(=O)[C@H]3[C@@H](CCC4=CC(=O)CC[C@@]43C)[C@@H]1CC[C@@H]2C1OCOC12COCO2. The first-order valence-electron chi connectivity index (χ1n) is 11.6. The summed E-state index contributed by atoms with van der Waals surface area (Å²) in [6.45, 7) is 5.43. The molecule has 0 aromatic heterocycles. The maximum absolute atomic E-state index is 13.8. The Kier molecular flexibility index (Phi) is 4.23. The predicted molar refractivity (Wildman–Crippen MR) is 106 cm³/mol.